The highest BCUT2D eigenvalue weighted by Crippen LogP contribution is 2.39. The molecule has 1 aliphatic rings. The summed E-state index contributed by atoms with van der Waals surface area (Å²) in [6.07, 6.45) is 5.44. The number of thiophene rings is 1. The lowest BCUT2D eigenvalue weighted by molar-refractivity contribution is -0.0290. The molecular formula is C15H24BrNOS. The van der Waals surface area contributed by atoms with Crippen LogP contribution in [0.2, 0.25) is 0 Å². The van der Waals surface area contributed by atoms with Crippen molar-refractivity contribution in [2.75, 3.05) is 13.2 Å². The van der Waals surface area contributed by atoms with E-state index in [1.165, 1.54) is 34.3 Å². The van der Waals surface area contributed by atoms with Gasteiger partial charge in [-0.2, -0.15) is 0 Å². The summed E-state index contributed by atoms with van der Waals surface area (Å²) < 4.78 is 6.88. The summed E-state index contributed by atoms with van der Waals surface area (Å²) in [5.41, 5.74) is 0. The van der Waals surface area contributed by atoms with Crippen LogP contribution < -0.4 is 5.32 Å². The summed E-state index contributed by atoms with van der Waals surface area (Å²) in [6, 6.07) is 4.93. The van der Waals surface area contributed by atoms with Gasteiger partial charge in [-0.25, -0.2) is 0 Å². The molecule has 1 N–H and O–H groups in total. The first-order valence-electron chi connectivity index (χ1n) is 7.33. The molecule has 0 radical (unpaired) electrons. The van der Waals surface area contributed by atoms with Crippen molar-refractivity contribution in [1.82, 2.24) is 5.32 Å². The van der Waals surface area contributed by atoms with Crippen LogP contribution in [0, 0.1) is 5.92 Å². The van der Waals surface area contributed by atoms with Crippen LogP contribution in [0.1, 0.15) is 50.4 Å². The normalized spacial score (nSPS) is 24.2. The Morgan fingerprint density at radius 2 is 2.21 bits per heavy atom. The predicted octanol–water partition coefficient (Wildman–Crippen LogP) is 4.76. The fraction of sp³-hybridized carbons (Fsp3) is 0.733. The van der Waals surface area contributed by atoms with E-state index in [4.69, 9.17) is 4.74 Å². The van der Waals surface area contributed by atoms with Crippen molar-refractivity contribution in [3.63, 3.8) is 0 Å². The topological polar surface area (TPSA) is 21.3 Å². The number of rotatable bonds is 8. The Labute approximate surface area is 129 Å². The number of hydrogen-bond acceptors (Lipinski definition) is 3. The molecule has 1 heterocycles. The molecule has 0 amide bonds. The Morgan fingerprint density at radius 1 is 1.42 bits per heavy atom. The van der Waals surface area contributed by atoms with Gasteiger partial charge in [0, 0.05) is 17.5 Å². The Morgan fingerprint density at radius 3 is 2.79 bits per heavy atom. The lowest BCUT2D eigenvalue weighted by Crippen LogP contribution is -2.34. The van der Waals surface area contributed by atoms with Crippen molar-refractivity contribution in [2.24, 2.45) is 5.92 Å². The molecule has 1 atom stereocenters. The van der Waals surface area contributed by atoms with E-state index in [2.05, 4.69) is 47.2 Å². The first-order valence-corrected chi connectivity index (χ1v) is 8.94. The maximum absolute atomic E-state index is 5.66. The van der Waals surface area contributed by atoms with Crippen LogP contribution in [-0.2, 0) is 4.74 Å². The molecule has 1 unspecified atom stereocenters. The van der Waals surface area contributed by atoms with E-state index in [0.717, 1.165) is 19.1 Å². The van der Waals surface area contributed by atoms with Gasteiger partial charge in [0.2, 0.25) is 0 Å². The largest absolute Gasteiger partial charge is 0.378 e. The van der Waals surface area contributed by atoms with Crippen LogP contribution in [0.15, 0.2) is 15.9 Å². The minimum absolute atomic E-state index is 0.517. The summed E-state index contributed by atoms with van der Waals surface area (Å²) in [5, 5.41) is 3.69. The third kappa shape index (κ3) is 4.55. The second-order valence-corrected chi connectivity index (χ2v) is 7.79. The summed E-state index contributed by atoms with van der Waals surface area (Å²) in [5.74, 6) is 0.826. The van der Waals surface area contributed by atoms with Crippen LogP contribution in [0.3, 0.4) is 0 Å². The van der Waals surface area contributed by atoms with Crippen molar-refractivity contribution in [1.29, 1.82) is 0 Å². The first kappa shape index (κ1) is 15.5. The highest BCUT2D eigenvalue weighted by molar-refractivity contribution is 9.11. The van der Waals surface area contributed by atoms with Crippen molar-refractivity contribution in [3.05, 3.63) is 20.8 Å². The summed E-state index contributed by atoms with van der Waals surface area (Å²) in [4.78, 5) is 1.46. The van der Waals surface area contributed by atoms with Gasteiger partial charge in [0.15, 0.2) is 0 Å². The number of hydrogen-bond donors (Lipinski definition) is 1. The standard InChI is InChI=1S/C15H24BrNOS/c1-3-7-17-13(14-5-6-15(16)19-14)10-11-8-12(9-11)18-4-2/h5-6,11-13,17H,3-4,7-10H2,1-2H3. The molecule has 2 nitrogen and oxygen atoms in total. The van der Waals surface area contributed by atoms with Gasteiger partial charge in [-0.15, -0.1) is 11.3 Å². The van der Waals surface area contributed by atoms with E-state index in [0.29, 0.717) is 12.1 Å². The third-order valence-corrected chi connectivity index (χ3v) is 5.48. The first-order chi connectivity index (χ1) is 9.22. The van der Waals surface area contributed by atoms with E-state index in [1.54, 1.807) is 0 Å². The second kappa shape index (κ2) is 7.77. The van der Waals surface area contributed by atoms with Gasteiger partial charge in [-0.1, -0.05) is 6.92 Å². The van der Waals surface area contributed by atoms with Crippen molar-refractivity contribution in [2.45, 2.75) is 51.7 Å². The fourth-order valence-corrected chi connectivity index (χ4v) is 4.22. The van der Waals surface area contributed by atoms with E-state index in [9.17, 15) is 0 Å². The minimum Gasteiger partial charge on any atom is -0.378 e. The van der Waals surface area contributed by atoms with Crippen LogP contribution in [0.25, 0.3) is 0 Å². The van der Waals surface area contributed by atoms with Crippen LogP contribution >= 0.6 is 27.3 Å². The minimum atomic E-state index is 0.517. The average Bonchev–Trinajstić information content (AvgIpc) is 2.77. The molecule has 1 saturated carbocycles. The summed E-state index contributed by atoms with van der Waals surface area (Å²) >= 11 is 5.42. The molecule has 0 aromatic carbocycles. The van der Waals surface area contributed by atoms with Gasteiger partial charge in [-0.3, -0.25) is 0 Å². The van der Waals surface area contributed by atoms with Gasteiger partial charge in [-0.05, 0) is 73.1 Å². The molecule has 1 aromatic rings. The fourth-order valence-electron chi connectivity index (χ4n) is 2.71. The SMILES string of the molecule is CCCNC(CC1CC(OCC)C1)c1ccc(Br)s1. The van der Waals surface area contributed by atoms with E-state index < -0.39 is 0 Å². The molecule has 1 fully saturated rings. The Balaban J connectivity index is 1.85. The van der Waals surface area contributed by atoms with Gasteiger partial charge in [0.1, 0.15) is 0 Å². The number of nitrogens with one attached hydrogen (secondary N) is 1. The maximum Gasteiger partial charge on any atom is 0.0701 e. The van der Waals surface area contributed by atoms with Crippen LogP contribution in [0.4, 0.5) is 0 Å². The van der Waals surface area contributed by atoms with Crippen molar-refractivity contribution in [3.8, 4) is 0 Å². The Kier molecular flexibility index (Phi) is 6.33. The van der Waals surface area contributed by atoms with E-state index in [-0.39, 0.29) is 0 Å². The predicted molar refractivity (Wildman–Crippen MR) is 85.8 cm³/mol. The molecule has 19 heavy (non-hydrogen) atoms. The molecule has 1 aliphatic carbocycles. The molecule has 0 bridgehead atoms. The quantitative estimate of drug-likeness (QED) is 0.733. The lowest BCUT2D eigenvalue weighted by atomic mass is 9.78. The number of ether oxygens (including phenoxy) is 1. The molecule has 108 valence electrons. The Bertz CT molecular complexity index is 376. The molecule has 4 heteroatoms. The molecule has 0 aliphatic heterocycles. The summed E-state index contributed by atoms with van der Waals surface area (Å²) in [7, 11) is 0. The van der Waals surface area contributed by atoms with Gasteiger partial charge < -0.3 is 10.1 Å². The second-order valence-electron chi connectivity index (χ2n) is 5.30. The van der Waals surface area contributed by atoms with E-state index >= 15 is 0 Å². The van der Waals surface area contributed by atoms with Crippen molar-refractivity contribution >= 4 is 27.3 Å². The zero-order valence-electron chi connectivity index (χ0n) is 11.8. The molecule has 2 rings (SSSR count). The lowest BCUT2D eigenvalue weighted by Gasteiger charge is -2.37. The maximum atomic E-state index is 5.66. The number of halogens is 1. The van der Waals surface area contributed by atoms with Gasteiger partial charge >= 0.3 is 0 Å². The van der Waals surface area contributed by atoms with Gasteiger partial charge in [0.25, 0.3) is 0 Å². The van der Waals surface area contributed by atoms with Crippen LogP contribution in [-0.4, -0.2) is 19.3 Å². The molecule has 1 aromatic heterocycles. The molecule has 0 spiro atoms. The van der Waals surface area contributed by atoms with Gasteiger partial charge in [0.05, 0.1) is 9.89 Å². The Hall–Kier alpha value is 0.1000. The molecular weight excluding hydrogens is 322 g/mol. The third-order valence-electron chi connectivity index (χ3n) is 3.74. The van der Waals surface area contributed by atoms with Crippen molar-refractivity contribution < 1.29 is 4.74 Å². The highest BCUT2D eigenvalue weighted by atomic mass is 79.9. The zero-order chi connectivity index (χ0) is 13.7. The highest BCUT2D eigenvalue weighted by Gasteiger charge is 2.31. The summed E-state index contributed by atoms with van der Waals surface area (Å²) in [6.45, 7) is 6.26. The van der Waals surface area contributed by atoms with Crippen LogP contribution in [0.5, 0.6) is 0 Å². The van der Waals surface area contributed by atoms with E-state index in [1.807, 2.05) is 11.3 Å². The molecule has 0 saturated heterocycles. The average molecular weight is 346 g/mol. The zero-order valence-corrected chi connectivity index (χ0v) is 14.2. The smallest absolute Gasteiger partial charge is 0.0701 e. The monoisotopic (exact) mass is 345 g/mol.